The van der Waals surface area contributed by atoms with Crippen LogP contribution in [0.15, 0.2) is 0 Å². The van der Waals surface area contributed by atoms with Gasteiger partial charge >= 0.3 is 0 Å². The predicted molar refractivity (Wildman–Crippen MR) is 102 cm³/mol. The van der Waals surface area contributed by atoms with Crippen LogP contribution in [0.2, 0.25) is 0 Å². The van der Waals surface area contributed by atoms with Gasteiger partial charge in [0.15, 0.2) is 0 Å². The van der Waals surface area contributed by atoms with Crippen molar-refractivity contribution in [2.45, 2.75) is 84.5 Å². The molecule has 12 aliphatic rings. The van der Waals surface area contributed by atoms with Crippen LogP contribution in [0, 0.1) is 74.4 Å². The van der Waals surface area contributed by atoms with Gasteiger partial charge in [0.1, 0.15) is 0 Å². The van der Waals surface area contributed by atoms with Crippen LogP contribution in [0.1, 0.15) is 84.5 Å². The predicted octanol–water partition coefficient (Wildman–Crippen LogP) is 6.30. The normalized spacial score (nSPS) is 76.8. The molecule has 0 saturated heterocycles. The van der Waals surface area contributed by atoms with E-state index in [0.717, 1.165) is 51.2 Å². The van der Waals surface area contributed by atoms with Gasteiger partial charge in [0, 0.05) is 0 Å². The maximum absolute atomic E-state index is 2.82. The highest BCUT2D eigenvalue weighted by Crippen LogP contribution is 2.99. The first-order chi connectivity index (χ1) is 12.5. The second-order valence-corrected chi connectivity index (χ2v) is 14.2. The minimum absolute atomic E-state index is 0.653. The minimum atomic E-state index is 0.653. The summed E-state index contributed by atoms with van der Waals surface area (Å²) in [7, 11) is 0. The first kappa shape index (κ1) is 14.1. The Morgan fingerprint density at radius 1 is 0.577 bits per heavy atom. The second-order valence-electron chi connectivity index (χ2n) is 14.2. The molecule has 0 nitrogen and oxygen atoms in total. The molecule has 0 aromatic heterocycles. The molecule has 12 unspecified atom stereocenters. The van der Waals surface area contributed by atoms with Gasteiger partial charge in [-0.2, -0.15) is 0 Å². The van der Waals surface area contributed by atoms with Gasteiger partial charge in [-0.1, -0.05) is 13.8 Å². The van der Waals surface area contributed by atoms with E-state index in [4.69, 9.17) is 0 Å². The first-order valence-electron chi connectivity index (χ1n) is 12.5. The Bertz CT molecular complexity index is 779. The highest BCUT2D eigenvalue weighted by molar-refractivity contribution is 5.40. The van der Waals surface area contributed by atoms with Crippen LogP contribution in [0.4, 0.5) is 0 Å². The Morgan fingerprint density at radius 2 is 1.38 bits per heavy atom. The summed E-state index contributed by atoms with van der Waals surface area (Å²) in [6.07, 6.45) is 18.6. The SMILES string of the molecule is CC1(C)C2CC3CC14C1CC5CC(C1)C16CC7CC(C1)C3C(C7)(C2)C64C5. The Morgan fingerprint density at radius 3 is 2.31 bits per heavy atom. The standard InChI is InChI=1S/C26H36/c1-22(2)20-6-17-12-25(22)19-5-14-4-18(7-19)23-8-15-3-16(11-23)21(17)24(9-15,13-20)26(23,25)10-14/h14-21H,3-13H2,1-2H3. The molecule has 4 spiro atoms. The average Bonchev–Trinajstić information content (AvgIpc) is 2.57. The molecule has 140 valence electrons. The van der Waals surface area contributed by atoms with E-state index in [0.29, 0.717) is 5.41 Å². The number of rotatable bonds is 0. The third-order valence-corrected chi connectivity index (χ3v) is 14.5. The smallest absolute Gasteiger partial charge is 0.0112 e. The fraction of sp³-hybridized carbons (Fsp3) is 1.00. The summed E-state index contributed by atoms with van der Waals surface area (Å²) in [5, 5.41) is 0. The fourth-order valence-corrected chi connectivity index (χ4v) is 15.4. The quantitative estimate of drug-likeness (QED) is 0.482. The molecule has 0 aromatic rings. The second kappa shape index (κ2) is 3.41. The van der Waals surface area contributed by atoms with E-state index in [1.807, 2.05) is 0 Å². The van der Waals surface area contributed by atoms with Crippen LogP contribution < -0.4 is 0 Å². The van der Waals surface area contributed by atoms with Crippen molar-refractivity contribution in [3.8, 4) is 0 Å². The molecule has 12 rings (SSSR count). The number of hydrogen-bond donors (Lipinski definition) is 0. The van der Waals surface area contributed by atoms with Gasteiger partial charge in [0.25, 0.3) is 0 Å². The van der Waals surface area contributed by atoms with Gasteiger partial charge in [0.2, 0.25) is 0 Å². The lowest BCUT2D eigenvalue weighted by molar-refractivity contribution is -0.483. The Balaban J connectivity index is 1.47. The van der Waals surface area contributed by atoms with Crippen LogP contribution in [-0.2, 0) is 0 Å². The molecule has 0 aliphatic heterocycles. The van der Waals surface area contributed by atoms with Crippen molar-refractivity contribution in [2.75, 3.05) is 0 Å². The summed E-state index contributed by atoms with van der Waals surface area (Å²) in [6, 6.07) is 0. The topological polar surface area (TPSA) is 0 Å². The van der Waals surface area contributed by atoms with Crippen LogP contribution in [0.5, 0.6) is 0 Å². The van der Waals surface area contributed by atoms with Crippen molar-refractivity contribution in [1.82, 2.24) is 0 Å². The minimum Gasteiger partial charge on any atom is -0.0591 e. The molecule has 12 bridgehead atoms. The van der Waals surface area contributed by atoms with E-state index in [1.165, 1.54) is 17.8 Å². The Hall–Kier alpha value is 0. The molecule has 0 aromatic carbocycles. The van der Waals surface area contributed by atoms with Gasteiger partial charge in [-0.25, -0.2) is 0 Å². The van der Waals surface area contributed by atoms with Crippen molar-refractivity contribution in [3.63, 3.8) is 0 Å². The zero-order chi connectivity index (χ0) is 16.9. The highest BCUT2D eigenvalue weighted by Gasteiger charge is 2.92. The maximum Gasteiger partial charge on any atom is -0.0112 e. The van der Waals surface area contributed by atoms with E-state index in [1.54, 1.807) is 70.6 Å². The molecule has 12 atom stereocenters. The summed E-state index contributed by atoms with van der Waals surface area (Å²) in [4.78, 5) is 0. The zero-order valence-corrected chi connectivity index (χ0v) is 16.9. The van der Waals surface area contributed by atoms with Gasteiger partial charge in [-0.05, 0) is 145 Å². The molecule has 0 radical (unpaired) electrons. The van der Waals surface area contributed by atoms with Crippen molar-refractivity contribution < 1.29 is 0 Å². The summed E-state index contributed by atoms with van der Waals surface area (Å²) in [5.41, 5.74) is 3.96. The van der Waals surface area contributed by atoms with Crippen LogP contribution >= 0.6 is 0 Å². The Kier molecular flexibility index (Phi) is 1.84. The molecule has 12 saturated carbocycles. The lowest BCUT2D eigenvalue weighted by Gasteiger charge is -2.96. The van der Waals surface area contributed by atoms with Crippen molar-refractivity contribution in [3.05, 3.63) is 0 Å². The van der Waals surface area contributed by atoms with Crippen LogP contribution in [-0.4, -0.2) is 0 Å². The highest BCUT2D eigenvalue weighted by atomic mass is 15.0. The molecule has 12 aliphatic carbocycles. The van der Waals surface area contributed by atoms with E-state index < -0.39 is 0 Å². The summed E-state index contributed by atoms with van der Waals surface area (Å²) in [6.45, 7) is 5.63. The fourth-order valence-electron chi connectivity index (χ4n) is 15.4. The van der Waals surface area contributed by atoms with Crippen LogP contribution in [0.3, 0.4) is 0 Å². The first-order valence-corrected chi connectivity index (χ1v) is 12.5. The van der Waals surface area contributed by atoms with Crippen molar-refractivity contribution >= 4 is 0 Å². The zero-order valence-electron chi connectivity index (χ0n) is 16.9. The molecule has 12 fully saturated rings. The Labute approximate surface area is 159 Å². The molecular weight excluding hydrogens is 312 g/mol. The van der Waals surface area contributed by atoms with Gasteiger partial charge < -0.3 is 0 Å². The van der Waals surface area contributed by atoms with Gasteiger partial charge in [0.05, 0.1) is 0 Å². The molecule has 0 heterocycles. The van der Waals surface area contributed by atoms with E-state index in [9.17, 15) is 0 Å². The average molecular weight is 349 g/mol. The van der Waals surface area contributed by atoms with E-state index in [2.05, 4.69) is 13.8 Å². The summed E-state index contributed by atoms with van der Waals surface area (Å²) in [5.74, 6) is 9.24. The van der Waals surface area contributed by atoms with Gasteiger partial charge in [-0.3, -0.25) is 0 Å². The molecular formula is C26H36. The largest absolute Gasteiger partial charge is 0.0591 e. The summed E-state index contributed by atoms with van der Waals surface area (Å²) < 4.78 is 0. The molecule has 0 N–H and O–H groups in total. The van der Waals surface area contributed by atoms with Gasteiger partial charge in [-0.15, -0.1) is 0 Å². The van der Waals surface area contributed by atoms with Crippen LogP contribution in [0.25, 0.3) is 0 Å². The third-order valence-electron chi connectivity index (χ3n) is 14.5. The monoisotopic (exact) mass is 348 g/mol. The summed E-state index contributed by atoms with van der Waals surface area (Å²) >= 11 is 0. The van der Waals surface area contributed by atoms with E-state index >= 15 is 0 Å². The maximum atomic E-state index is 2.82. The van der Waals surface area contributed by atoms with E-state index in [-0.39, 0.29) is 0 Å². The molecule has 0 heteroatoms. The molecule has 26 heavy (non-hydrogen) atoms. The van der Waals surface area contributed by atoms with Crippen molar-refractivity contribution in [1.29, 1.82) is 0 Å². The lowest BCUT2D eigenvalue weighted by atomic mass is 9.08. The third kappa shape index (κ3) is 0.912. The number of hydrogen-bond acceptors (Lipinski definition) is 0. The lowest BCUT2D eigenvalue weighted by Crippen LogP contribution is -2.90. The molecule has 0 amide bonds. The van der Waals surface area contributed by atoms with Crippen molar-refractivity contribution in [2.24, 2.45) is 74.4 Å².